The molecule has 0 radical (unpaired) electrons. The first kappa shape index (κ1) is 13.7. The van der Waals surface area contributed by atoms with Crippen molar-refractivity contribution in [3.63, 3.8) is 0 Å². The van der Waals surface area contributed by atoms with Gasteiger partial charge in [0.2, 0.25) is 5.91 Å². The van der Waals surface area contributed by atoms with E-state index < -0.39 is 0 Å². The van der Waals surface area contributed by atoms with E-state index in [2.05, 4.69) is 22.7 Å². The summed E-state index contributed by atoms with van der Waals surface area (Å²) in [7, 11) is 0. The number of rotatable bonds is 7. The molecule has 1 heterocycles. The van der Waals surface area contributed by atoms with Gasteiger partial charge in [-0.2, -0.15) is 5.10 Å². The van der Waals surface area contributed by atoms with E-state index in [-0.39, 0.29) is 11.4 Å². The maximum atomic E-state index is 11.6. The van der Waals surface area contributed by atoms with Crippen LogP contribution < -0.4 is 10.6 Å². The van der Waals surface area contributed by atoms with E-state index in [9.17, 15) is 4.79 Å². The lowest BCUT2D eigenvalue weighted by Crippen LogP contribution is -2.46. The predicted octanol–water partition coefficient (Wildman–Crippen LogP) is 0.777. The zero-order chi connectivity index (χ0) is 12.7. The fourth-order valence-electron chi connectivity index (χ4n) is 1.34. The van der Waals surface area contributed by atoms with Crippen LogP contribution in [-0.2, 0) is 11.3 Å². The molecule has 0 unspecified atom stereocenters. The van der Waals surface area contributed by atoms with Gasteiger partial charge in [0.1, 0.15) is 0 Å². The monoisotopic (exact) mass is 238 g/mol. The molecule has 2 N–H and O–H groups in total. The van der Waals surface area contributed by atoms with Crippen LogP contribution in [0.3, 0.4) is 0 Å². The minimum absolute atomic E-state index is 0.0392. The minimum atomic E-state index is -0.124. The highest BCUT2D eigenvalue weighted by Gasteiger charge is 2.16. The molecule has 5 heteroatoms. The second kappa shape index (κ2) is 6.39. The van der Waals surface area contributed by atoms with Gasteiger partial charge in [0, 0.05) is 24.5 Å². The highest BCUT2D eigenvalue weighted by Crippen LogP contribution is 2.05. The molecule has 0 fully saturated rings. The zero-order valence-electron chi connectivity index (χ0n) is 10.9. The van der Waals surface area contributed by atoms with E-state index in [1.807, 2.05) is 30.8 Å². The molecule has 17 heavy (non-hydrogen) atoms. The molecule has 0 spiro atoms. The summed E-state index contributed by atoms with van der Waals surface area (Å²) >= 11 is 0. The lowest BCUT2D eigenvalue weighted by molar-refractivity contribution is -0.121. The molecule has 0 saturated heterocycles. The Hall–Kier alpha value is -1.36. The number of nitrogens with zero attached hydrogens (tertiary/aromatic N) is 2. The Labute approximate surface area is 103 Å². The number of carbonyl (C=O) groups is 1. The Balaban J connectivity index is 2.12. The van der Waals surface area contributed by atoms with E-state index in [0.717, 1.165) is 19.5 Å². The molecule has 0 saturated carbocycles. The van der Waals surface area contributed by atoms with Crippen LogP contribution in [0.15, 0.2) is 18.5 Å². The number of amides is 1. The predicted molar refractivity (Wildman–Crippen MR) is 67.6 cm³/mol. The molecule has 1 aromatic heterocycles. The van der Waals surface area contributed by atoms with Crippen molar-refractivity contribution in [3.8, 4) is 0 Å². The van der Waals surface area contributed by atoms with Crippen molar-refractivity contribution in [1.82, 2.24) is 20.4 Å². The maximum absolute atomic E-state index is 11.6. The Morgan fingerprint density at radius 3 is 2.82 bits per heavy atom. The van der Waals surface area contributed by atoms with Crippen LogP contribution in [0.1, 0.15) is 27.2 Å². The van der Waals surface area contributed by atoms with Crippen LogP contribution >= 0.6 is 0 Å². The first-order valence-electron chi connectivity index (χ1n) is 6.02. The Morgan fingerprint density at radius 1 is 1.47 bits per heavy atom. The first-order valence-corrected chi connectivity index (χ1v) is 6.02. The van der Waals surface area contributed by atoms with Gasteiger partial charge in [-0.1, -0.05) is 6.92 Å². The van der Waals surface area contributed by atoms with Crippen molar-refractivity contribution in [2.24, 2.45) is 0 Å². The molecule has 0 aromatic carbocycles. The summed E-state index contributed by atoms with van der Waals surface area (Å²) in [5.74, 6) is 0.0392. The van der Waals surface area contributed by atoms with Crippen LogP contribution in [-0.4, -0.2) is 34.3 Å². The van der Waals surface area contributed by atoms with Crippen LogP contribution in [0, 0.1) is 0 Å². The van der Waals surface area contributed by atoms with E-state index in [1.165, 1.54) is 0 Å². The number of hydrogen-bond donors (Lipinski definition) is 2. The quantitative estimate of drug-likeness (QED) is 0.690. The summed E-state index contributed by atoms with van der Waals surface area (Å²) in [6.07, 6.45) is 4.57. The molecule has 0 bridgehead atoms. The molecule has 0 aliphatic carbocycles. The average Bonchev–Trinajstić information content (AvgIpc) is 2.77. The Bertz CT molecular complexity index is 332. The van der Waals surface area contributed by atoms with Crippen LogP contribution in [0.25, 0.3) is 0 Å². The van der Waals surface area contributed by atoms with Crippen molar-refractivity contribution in [1.29, 1.82) is 0 Å². The van der Waals surface area contributed by atoms with Crippen molar-refractivity contribution in [2.45, 2.75) is 39.3 Å². The van der Waals surface area contributed by atoms with Crippen LogP contribution in [0.5, 0.6) is 0 Å². The van der Waals surface area contributed by atoms with Crippen molar-refractivity contribution >= 4 is 5.91 Å². The standard InChI is InChI=1S/C12H22N4O/c1-4-12(2,3)15-11(17)10-13-7-9-16-8-5-6-14-16/h5-6,8,13H,4,7,9-10H2,1-3H3,(H,15,17). The summed E-state index contributed by atoms with van der Waals surface area (Å²) < 4.78 is 1.83. The molecular weight excluding hydrogens is 216 g/mol. The fourth-order valence-corrected chi connectivity index (χ4v) is 1.34. The molecule has 0 aliphatic rings. The van der Waals surface area contributed by atoms with Crippen LogP contribution in [0.4, 0.5) is 0 Å². The van der Waals surface area contributed by atoms with E-state index in [1.54, 1.807) is 6.20 Å². The van der Waals surface area contributed by atoms with Crippen molar-refractivity contribution in [3.05, 3.63) is 18.5 Å². The third kappa shape index (κ3) is 5.49. The van der Waals surface area contributed by atoms with Gasteiger partial charge in [-0.15, -0.1) is 0 Å². The van der Waals surface area contributed by atoms with Gasteiger partial charge >= 0.3 is 0 Å². The molecule has 5 nitrogen and oxygen atoms in total. The highest BCUT2D eigenvalue weighted by atomic mass is 16.2. The minimum Gasteiger partial charge on any atom is -0.350 e. The zero-order valence-corrected chi connectivity index (χ0v) is 10.9. The maximum Gasteiger partial charge on any atom is 0.234 e. The van der Waals surface area contributed by atoms with Crippen molar-refractivity contribution in [2.75, 3.05) is 13.1 Å². The molecule has 1 aromatic rings. The SMILES string of the molecule is CCC(C)(C)NC(=O)CNCCn1cccn1. The average molecular weight is 238 g/mol. The smallest absolute Gasteiger partial charge is 0.234 e. The molecule has 1 amide bonds. The topological polar surface area (TPSA) is 59.0 Å². The Kier molecular flexibility index (Phi) is 5.15. The number of nitrogens with one attached hydrogen (secondary N) is 2. The lowest BCUT2D eigenvalue weighted by atomic mass is 10.0. The van der Waals surface area contributed by atoms with E-state index in [0.29, 0.717) is 6.54 Å². The van der Waals surface area contributed by atoms with Gasteiger partial charge in [-0.05, 0) is 26.3 Å². The lowest BCUT2D eigenvalue weighted by Gasteiger charge is -2.24. The van der Waals surface area contributed by atoms with Gasteiger partial charge in [0.05, 0.1) is 13.1 Å². The summed E-state index contributed by atoms with van der Waals surface area (Å²) in [5, 5.41) is 10.2. The summed E-state index contributed by atoms with van der Waals surface area (Å²) in [4.78, 5) is 11.6. The largest absolute Gasteiger partial charge is 0.350 e. The normalized spacial score (nSPS) is 11.5. The molecule has 0 aliphatic heterocycles. The summed E-state index contributed by atoms with van der Waals surface area (Å²) in [6, 6.07) is 1.89. The van der Waals surface area contributed by atoms with E-state index in [4.69, 9.17) is 0 Å². The summed E-state index contributed by atoms with van der Waals surface area (Å²) in [5.41, 5.74) is -0.124. The van der Waals surface area contributed by atoms with Gasteiger partial charge in [0.15, 0.2) is 0 Å². The van der Waals surface area contributed by atoms with Crippen molar-refractivity contribution < 1.29 is 4.79 Å². The van der Waals surface area contributed by atoms with Crippen LogP contribution in [0.2, 0.25) is 0 Å². The van der Waals surface area contributed by atoms with Gasteiger partial charge in [-0.25, -0.2) is 0 Å². The number of hydrogen-bond acceptors (Lipinski definition) is 3. The second-order valence-electron chi connectivity index (χ2n) is 4.73. The van der Waals surface area contributed by atoms with Gasteiger partial charge in [0.25, 0.3) is 0 Å². The first-order chi connectivity index (χ1) is 8.03. The highest BCUT2D eigenvalue weighted by molar-refractivity contribution is 5.78. The van der Waals surface area contributed by atoms with Gasteiger partial charge in [-0.3, -0.25) is 9.48 Å². The van der Waals surface area contributed by atoms with E-state index >= 15 is 0 Å². The molecule has 1 rings (SSSR count). The molecule has 0 atom stereocenters. The third-order valence-electron chi connectivity index (χ3n) is 2.72. The summed E-state index contributed by atoms with van der Waals surface area (Å²) in [6.45, 7) is 7.97. The Morgan fingerprint density at radius 2 is 2.24 bits per heavy atom. The number of carbonyl (C=O) groups excluding carboxylic acids is 1. The fraction of sp³-hybridized carbons (Fsp3) is 0.667. The number of aromatic nitrogens is 2. The molecular formula is C12H22N4O. The second-order valence-corrected chi connectivity index (χ2v) is 4.73. The third-order valence-corrected chi connectivity index (χ3v) is 2.72. The van der Waals surface area contributed by atoms with Gasteiger partial charge < -0.3 is 10.6 Å². The molecule has 96 valence electrons.